The molecule has 20 heavy (non-hydrogen) atoms. The Kier molecular flexibility index (Phi) is 4.98. The first-order valence-electron chi connectivity index (χ1n) is 5.81. The van der Waals surface area contributed by atoms with Crippen molar-refractivity contribution in [1.82, 2.24) is 10.3 Å². The Hall–Kier alpha value is -1.59. The first-order chi connectivity index (χ1) is 9.58. The molecule has 2 rings (SSSR count). The number of hydrogen-bond donors (Lipinski definition) is 1. The maximum atomic E-state index is 12.0. The second-order valence-corrected chi connectivity index (χ2v) is 5.40. The van der Waals surface area contributed by atoms with Crippen molar-refractivity contribution < 1.29 is 9.53 Å². The molecule has 2 aromatic rings. The summed E-state index contributed by atoms with van der Waals surface area (Å²) in [5.74, 6) is 0.350. The molecule has 0 unspecified atom stereocenters. The van der Waals surface area contributed by atoms with Gasteiger partial charge in [-0.05, 0) is 23.8 Å². The molecule has 1 N–H and O–H groups in total. The quantitative estimate of drug-likeness (QED) is 0.914. The van der Waals surface area contributed by atoms with Gasteiger partial charge in [-0.25, -0.2) is 4.98 Å². The maximum absolute atomic E-state index is 12.0. The van der Waals surface area contributed by atoms with Gasteiger partial charge in [-0.2, -0.15) is 0 Å². The second-order valence-electron chi connectivity index (χ2n) is 4.05. The van der Waals surface area contributed by atoms with Gasteiger partial charge >= 0.3 is 0 Å². The van der Waals surface area contributed by atoms with Crippen molar-refractivity contribution in [2.24, 2.45) is 0 Å². The summed E-state index contributed by atoms with van der Waals surface area (Å²) < 4.78 is 5.74. The summed E-state index contributed by atoms with van der Waals surface area (Å²) in [4.78, 5) is 16.1. The molecular weight excluding hydrogens is 344 g/mol. The van der Waals surface area contributed by atoms with E-state index < -0.39 is 0 Å². The van der Waals surface area contributed by atoms with E-state index in [-0.39, 0.29) is 5.91 Å². The summed E-state index contributed by atoms with van der Waals surface area (Å²) in [5, 5.41) is 3.32. The summed E-state index contributed by atoms with van der Waals surface area (Å²) >= 11 is 9.22. The minimum Gasteiger partial charge on any atom is -0.481 e. The lowest BCUT2D eigenvalue weighted by Gasteiger charge is -2.07. The molecular formula is C14H12BrClN2O2. The molecule has 1 heterocycles. The number of methoxy groups -OCH3 is 1. The minimum atomic E-state index is -0.191. The molecule has 0 saturated carbocycles. The molecule has 1 aromatic carbocycles. The second kappa shape index (κ2) is 6.72. The molecule has 0 fully saturated rings. The lowest BCUT2D eigenvalue weighted by atomic mass is 10.2. The van der Waals surface area contributed by atoms with E-state index in [9.17, 15) is 4.79 Å². The first kappa shape index (κ1) is 14.8. The van der Waals surface area contributed by atoms with Gasteiger partial charge in [-0.3, -0.25) is 4.79 Å². The number of rotatable bonds is 4. The molecule has 0 aliphatic carbocycles. The van der Waals surface area contributed by atoms with Crippen LogP contribution in [0.25, 0.3) is 0 Å². The Bertz CT molecular complexity index is 597. The molecule has 0 bridgehead atoms. The first-order valence-corrected chi connectivity index (χ1v) is 6.99. The molecule has 104 valence electrons. The predicted octanol–water partition coefficient (Wildman–Crippen LogP) is 3.44. The Labute approximate surface area is 130 Å². The number of pyridine rings is 1. The zero-order valence-corrected chi connectivity index (χ0v) is 13.0. The number of carbonyl (C=O) groups is 1. The number of amides is 1. The highest BCUT2D eigenvalue weighted by atomic mass is 79.9. The molecule has 1 aromatic heterocycles. The lowest BCUT2D eigenvalue weighted by Crippen LogP contribution is -2.22. The summed E-state index contributed by atoms with van der Waals surface area (Å²) in [6.45, 7) is 0.389. The van der Waals surface area contributed by atoms with Crippen molar-refractivity contribution in [2.75, 3.05) is 7.11 Å². The highest BCUT2D eigenvalue weighted by Crippen LogP contribution is 2.19. The molecule has 0 aliphatic heterocycles. The molecule has 4 nitrogen and oxygen atoms in total. The van der Waals surface area contributed by atoms with Gasteiger partial charge < -0.3 is 10.1 Å². The highest BCUT2D eigenvalue weighted by molar-refractivity contribution is 9.10. The van der Waals surface area contributed by atoms with E-state index in [1.165, 1.54) is 0 Å². The SMILES string of the molecule is COc1ccc(CNC(=O)c2cc(Cl)cc(Br)c2)cn1. The molecule has 0 spiro atoms. The maximum Gasteiger partial charge on any atom is 0.251 e. The van der Waals surface area contributed by atoms with E-state index in [1.54, 1.807) is 37.6 Å². The predicted molar refractivity (Wildman–Crippen MR) is 81.1 cm³/mol. The van der Waals surface area contributed by atoms with Crippen molar-refractivity contribution in [3.05, 3.63) is 57.2 Å². The van der Waals surface area contributed by atoms with Crippen LogP contribution in [0.1, 0.15) is 15.9 Å². The van der Waals surface area contributed by atoms with Crippen molar-refractivity contribution >= 4 is 33.4 Å². The van der Waals surface area contributed by atoms with Gasteiger partial charge in [-0.1, -0.05) is 33.6 Å². The van der Waals surface area contributed by atoms with Gasteiger partial charge in [0.1, 0.15) is 0 Å². The average molecular weight is 356 g/mol. The number of nitrogens with one attached hydrogen (secondary N) is 1. The normalized spacial score (nSPS) is 10.2. The number of nitrogens with zero attached hydrogens (tertiary/aromatic N) is 1. The van der Waals surface area contributed by atoms with Crippen molar-refractivity contribution in [2.45, 2.75) is 6.54 Å². The van der Waals surface area contributed by atoms with Crippen LogP contribution in [0.5, 0.6) is 5.88 Å². The number of benzene rings is 1. The topological polar surface area (TPSA) is 51.2 Å². The van der Waals surface area contributed by atoms with Gasteiger partial charge in [0.2, 0.25) is 5.88 Å². The third-order valence-electron chi connectivity index (χ3n) is 2.58. The van der Waals surface area contributed by atoms with Crippen LogP contribution < -0.4 is 10.1 Å². The fourth-order valence-electron chi connectivity index (χ4n) is 1.61. The van der Waals surface area contributed by atoms with E-state index in [0.717, 1.165) is 10.0 Å². The number of ether oxygens (including phenoxy) is 1. The van der Waals surface area contributed by atoms with Crippen LogP contribution in [-0.2, 0) is 6.54 Å². The monoisotopic (exact) mass is 354 g/mol. The van der Waals surface area contributed by atoms with Crippen molar-refractivity contribution in [3.8, 4) is 5.88 Å². The van der Waals surface area contributed by atoms with Crippen molar-refractivity contribution in [3.63, 3.8) is 0 Å². The summed E-state index contributed by atoms with van der Waals surface area (Å²) in [6.07, 6.45) is 1.66. The fraction of sp³-hybridized carbons (Fsp3) is 0.143. The van der Waals surface area contributed by atoms with Gasteiger partial charge in [0.25, 0.3) is 5.91 Å². The van der Waals surface area contributed by atoms with Crippen LogP contribution in [0.2, 0.25) is 5.02 Å². The van der Waals surface area contributed by atoms with Gasteiger partial charge in [0.05, 0.1) is 7.11 Å². The van der Waals surface area contributed by atoms with Crippen LogP contribution in [-0.4, -0.2) is 18.0 Å². The molecule has 6 heteroatoms. The van der Waals surface area contributed by atoms with Gasteiger partial charge in [0.15, 0.2) is 0 Å². The standard InChI is InChI=1S/C14H12BrClN2O2/c1-20-13-3-2-9(7-17-13)8-18-14(19)10-4-11(15)6-12(16)5-10/h2-7H,8H2,1H3,(H,18,19). The fourth-order valence-corrected chi connectivity index (χ4v) is 2.47. The Morgan fingerprint density at radius 3 is 2.80 bits per heavy atom. The largest absolute Gasteiger partial charge is 0.481 e. The van der Waals surface area contributed by atoms with Gasteiger partial charge in [-0.15, -0.1) is 0 Å². The van der Waals surface area contributed by atoms with Crippen LogP contribution >= 0.6 is 27.5 Å². The van der Waals surface area contributed by atoms with E-state index in [0.29, 0.717) is 23.0 Å². The van der Waals surface area contributed by atoms with E-state index >= 15 is 0 Å². The van der Waals surface area contributed by atoms with Crippen LogP contribution in [0, 0.1) is 0 Å². The lowest BCUT2D eigenvalue weighted by molar-refractivity contribution is 0.0951. The Morgan fingerprint density at radius 1 is 1.40 bits per heavy atom. The molecule has 0 radical (unpaired) electrons. The molecule has 0 aliphatic rings. The Morgan fingerprint density at radius 2 is 2.20 bits per heavy atom. The molecule has 0 atom stereocenters. The van der Waals surface area contributed by atoms with Crippen LogP contribution in [0.15, 0.2) is 41.0 Å². The van der Waals surface area contributed by atoms with Crippen molar-refractivity contribution in [1.29, 1.82) is 0 Å². The molecule has 0 saturated heterocycles. The van der Waals surface area contributed by atoms with E-state index in [1.807, 2.05) is 6.07 Å². The molecule has 1 amide bonds. The summed E-state index contributed by atoms with van der Waals surface area (Å²) in [6, 6.07) is 8.66. The smallest absolute Gasteiger partial charge is 0.251 e. The third kappa shape index (κ3) is 3.95. The zero-order chi connectivity index (χ0) is 14.5. The average Bonchev–Trinajstić information content (AvgIpc) is 2.44. The van der Waals surface area contributed by atoms with E-state index in [4.69, 9.17) is 16.3 Å². The Balaban J connectivity index is 2.00. The minimum absolute atomic E-state index is 0.191. The number of halogens is 2. The summed E-state index contributed by atoms with van der Waals surface area (Å²) in [7, 11) is 1.56. The zero-order valence-electron chi connectivity index (χ0n) is 10.7. The summed E-state index contributed by atoms with van der Waals surface area (Å²) in [5.41, 5.74) is 1.39. The van der Waals surface area contributed by atoms with Crippen LogP contribution in [0.4, 0.5) is 0 Å². The van der Waals surface area contributed by atoms with Gasteiger partial charge in [0, 0.05) is 33.9 Å². The third-order valence-corrected chi connectivity index (χ3v) is 3.26. The number of aromatic nitrogens is 1. The highest BCUT2D eigenvalue weighted by Gasteiger charge is 2.07. The number of carbonyl (C=O) groups excluding carboxylic acids is 1. The van der Waals surface area contributed by atoms with Crippen LogP contribution in [0.3, 0.4) is 0 Å². The number of hydrogen-bond acceptors (Lipinski definition) is 3. The van der Waals surface area contributed by atoms with E-state index in [2.05, 4.69) is 26.2 Å².